The first-order chi connectivity index (χ1) is 13.2. The summed E-state index contributed by atoms with van der Waals surface area (Å²) < 4.78 is 27.3. The zero-order chi connectivity index (χ0) is 20.5. The number of aryl methyl sites for hydroxylation is 2. The van der Waals surface area contributed by atoms with Crippen molar-refractivity contribution in [3.8, 4) is 11.4 Å². The van der Waals surface area contributed by atoms with Crippen LogP contribution in [-0.2, 0) is 16.4 Å². The molecular weight excluding hydrogens is 421 g/mol. The van der Waals surface area contributed by atoms with Crippen LogP contribution in [0.4, 0.5) is 0 Å². The topological polar surface area (TPSA) is 91.9 Å². The van der Waals surface area contributed by atoms with E-state index in [0.29, 0.717) is 39.1 Å². The van der Waals surface area contributed by atoms with Gasteiger partial charge in [-0.05, 0) is 43.2 Å². The standard InChI is InChI=1S/C19H17Cl2N3O3S/c1-3-15-17(23-18(22-15)12-8-13(20)10-14(21)9-12)19(25)24-28(26,27)16-7-5-4-6-11(16)2/h4-10H,3H2,1-2H3,(H,22,23)(H,24,25). The lowest BCUT2D eigenvalue weighted by molar-refractivity contribution is 0.0976. The number of nitrogens with zero attached hydrogens (tertiary/aromatic N) is 1. The molecule has 0 saturated heterocycles. The number of carbonyl (C=O) groups is 1. The summed E-state index contributed by atoms with van der Waals surface area (Å²) in [5.74, 6) is -0.435. The summed E-state index contributed by atoms with van der Waals surface area (Å²) in [5, 5.41) is 0.843. The van der Waals surface area contributed by atoms with Gasteiger partial charge in [0.15, 0.2) is 5.69 Å². The van der Waals surface area contributed by atoms with E-state index in [1.54, 1.807) is 43.3 Å². The minimum absolute atomic E-state index is 0.00533. The van der Waals surface area contributed by atoms with Gasteiger partial charge in [0.2, 0.25) is 0 Å². The average Bonchev–Trinajstić information content (AvgIpc) is 3.05. The van der Waals surface area contributed by atoms with Gasteiger partial charge < -0.3 is 4.98 Å². The maximum absolute atomic E-state index is 12.7. The van der Waals surface area contributed by atoms with Crippen molar-refractivity contribution in [1.29, 1.82) is 0 Å². The molecule has 146 valence electrons. The van der Waals surface area contributed by atoms with E-state index in [0.717, 1.165) is 0 Å². The number of aromatic nitrogens is 2. The molecule has 0 spiro atoms. The van der Waals surface area contributed by atoms with Crippen LogP contribution in [0, 0.1) is 6.92 Å². The lowest BCUT2D eigenvalue weighted by atomic mass is 10.2. The molecule has 9 heteroatoms. The van der Waals surface area contributed by atoms with E-state index in [2.05, 4.69) is 14.7 Å². The fraction of sp³-hybridized carbons (Fsp3) is 0.158. The Morgan fingerprint density at radius 1 is 1.14 bits per heavy atom. The summed E-state index contributed by atoms with van der Waals surface area (Å²) in [5.41, 5.74) is 1.64. The number of amides is 1. The van der Waals surface area contributed by atoms with Gasteiger partial charge in [-0.25, -0.2) is 18.1 Å². The Morgan fingerprint density at radius 3 is 2.39 bits per heavy atom. The zero-order valence-corrected chi connectivity index (χ0v) is 17.4. The van der Waals surface area contributed by atoms with Crippen LogP contribution in [0.15, 0.2) is 47.4 Å². The number of hydrogen-bond donors (Lipinski definition) is 2. The number of aromatic amines is 1. The van der Waals surface area contributed by atoms with E-state index in [1.165, 1.54) is 6.07 Å². The van der Waals surface area contributed by atoms with Crippen LogP contribution in [0.1, 0.15) is 28.7 Å². The number of H-pyrrole nitrogens is 1. The quantitative estimate of drug-likeness (QED) is 0.619. The highest BCUT2D eigenvalue weighted by molar-refractivity contribution is 7.90. The maximum Gasteiger partial charge on any atom is 0.285 e. The Balaban J connectivity index is 1.96. The molecule has 0 aliphatic carbocycles. The third-order valence-corrected chi connectivity index (χ3v) is 6.02. The van der Waals surface area contributed by atoms with Gasteiger partial charge in [-0.2, -0.15) is 0 Å². The molecule has 1 aromatic heterocycles. The largest absolute Gasteiger partial charge is 0.341 e. The SMILES string of the molecule is CCc1[nH]c(-c2cc(Cl)cc(Cl)c2)nc1C(=O)NS(=O)(=O)c1ccccc1C. The minimum Gasteiger partial charge on any atom is -0.341 e. The van der Waals surface area contributed by atoms with E-state index in [-0.39, 0.29) is 10.6 Å². The molecule has 1 heterocycles. The number of rotatable bonds is 5. The Hall–Kier alpha value is -2.35. The second-order valence-electron chi connectivity index (χ2n) is 6.12. The van der Waals surface area contributed by atoms with E-state index < -0.39 is 15.9 Å². The van der Waals surface area contributed by atoms with Crippen LogP contribution in [0.3, 0.4) is 0 Å². The molecule has 2 aromatic carbocycles. The lowest BCUT2D eigenvalue weighted by Crippen LogP contribution is -2.32. The third-order valence-electron chi connectivity index (χ3n) is 4.09. The molecular formula is C19H17Cl2N3O3S. The van der Waals surface area contributed by atoms with E-state index in [1.807, 2.05) is 6.92 Å². The summed E-state index contributed by atoms with van der Waals surface area (Å²) in [6.07, 6.45) is 0.453. The minimum atomic E-state index is -4.03. The summed E-state index contributed by atoms with van der Waals surface area (Å²) in [6, 6.07) is 11.3. The van der Waals surface area contributed by atoms with Gasteiger partial charge in [0.25, 0.3) is 15.9 Å². The molecule has 0 bridgehead atoms. The monoisotopic (exact) mass is 437 g/mol. The predicted molar refractivity (Wildman–Crippen MR) is 109 cm³/mol. The first-order valence-corrected chi connectivity index (χ1v) is 10.6. The first-order valence-electron chi connectivity index (χ1n) is 8.39. The highest BCUT2D eigenvalue weighted by Gasteiger charge is 2.24. The molecule has 0 radical (unpaired) electrons. The van der Waals surface area contributed by atoms with Gasteiger partial charge in [-0.15, -0.1) is 0 Å². The lowest BCUT2D eigenvalue weighted by Gasteiger charge is -2.08. The van der Waals surface area contributed by atoms with E-state index in [4.69, 9.17) is 23.2 Å². The fourth-order valence-corrected chi connectivity index (χ4v) is 4.49. The number of carbonyl (C=O) groups excluding carboxylic acids is 1. The van der Waals surface area contributed by atoms with Crippen molar-refractivity contribution in [1.82, 2.24) is 14.7 Å². The van der Waals surface area contributed by atoms with Crippen LogP contribution >= 0.6 is 23.2 Å². The van der Waals surface area contributed by atoms with Gasteiger partial charge in [0, 0.05) is 21.3 Å². The molecule has 2 N–H and O–H groups in total. The fourth-order valence-electron chi connectivity index (χ4n) is 2.76. The smallest absolute Gasteiger partial charge is 0.285 e. The Morgan fingerprint density at radius 2 is 1.79 bits per heavy atom. The van der Waals surface area contributed by atoms with Crippen molar-refractivity contribution >= 4 is 39.1 Å². The zero-order valence-electron chi connectivity index (χ0n) is 15.1. The number of imidazole rings is 1. The van der Waals surface area contributed by atoms with E-state index >= 15 is 0 Å². The van der Waals surface area contributed by atoms with Crippen molar-refractivity contribution in [3.63, 3.8) is 0 Å². The van der Waals surface area contributed by atoms with Crippen molar-refractivity contribution in [2.24, 2.45) is 0 Å². The summed E-state index contributed by atoms with van der Waals surface area (Å²) >= 11 is 12.1. The van der Waals surface area contributed by atoms with Crippen LogP contribution in [0.25, 0.3) is 11.4 Å². The first kappa shape index (κ1) is 20.4. The third kappa shape index (κ3) is 4.22. The molecule has 0 saturated carbocycles. The molecule has 1 amide bonds. The van der Waals surface area contributed by atoms with Gasteiger partial charge in [-0.3, -0.25) is 4.79 Å². The van der Waals surface area contributed by atoms with Crippen molar-refractivity contribution in [2.45, 2.75) is 25.2 Å². The highest BCUT2D eigenvalue weighted by Crippen LogP contribution is 2.26. The number of nitrogens with one attached hydrogen (secondary N) is 2. The molecule has 0 fully saturated rings. The molecule has 0 aliphatic heterocycles. The molecule has 0 aliphatic rings. The summed E-state index contributed by atoms with van der Waals surface area (Å²) in [4.78, 5) is 20.0. The van der Waals surface area contributed by atoms with E-state index in [9.17, 15) is 13.2 Å². The molecule has 28 heavy (non-hydrogen) atoms. The van der Waals surface area contributed by atoms with Crippen molar-refractivity contribution < 1.29 is 13.2 Å². The Kier molecular flexibility index (Phi) is 5.79. The van der Waals surface area contributed by atoms with Gasteiger partial charge >= 0.3 is 0 Å². The van der Waals surface area contributed by atoms with Crippen molar-refractivity contribution in [2.75, 3.05) is 0 Å². The summed E-state index contributed by atoms with van der Waals surface area (Å²) in [7, 11) is -4.03. The van der Waals surface area contributed by atoms with Crippen molar-refractivity contribution in [3.05, 3.63) is 69.5 Å². The van der Waals surface area contributed by atoms with Crippen LogP contribution < -0.4 is 4.72 Å². The summed E-state index contributed by atoms with van der Waals surface area (Å²) in [6.45, 7) is 3.49. The maximum atomic E-state index is 12.7. The number of sulfonamides is 1. The molecule has 0 atom stereocenters. The second kappa shape index (κ2) is 7.95. The number of halogens is 2. The van der Waals surface area contributed by atoms with Crippen LogP contribution in [0.2, 0.25) is 10.0 Å². The van der Waals surface area contributed by atoms with Gasteiger partial charge in [-0.1, -0.05) is 48.3 Å². The van der Waals surface area contributed by atoms with Gasteiger partial charge in [0.05, 0.1) is 4.90 Å². The Labute approximate surface area is 173 Å². The molecule has 3 aromatic rings. The number of hydrogen-bond acceptors (Lipinski definition) is 4. The Bertz CT molecular complexity index is 1140. The molecule has 0 unspecified atom stereocenters. The van der Waals surface area contributed by atoms with Crippen LogP contribution in [-0.4, -0.2) is 24.3 Å². The predicted octanol–water partition coefficient (Wildman–Crippen LogP) is 4.37. The number of benzene rings is 2. The normalized spacial score (nSPS) is 11.4. The highest BCUT2D eigenvalue weighted by atomic mass is 35.5. The van der Waals surface area contributed by atoms with Gasteiger partial charge in [0.1, 0.15) is 5.82 Å². The molecule has 3 rings (SSSR count). The molecule has 6 nitrogen and oxygen atoms in total. The second-order valence-corrected chi connectivity index (χ2v) is 8.65. The van der Waals surface area contributed by atoms with Crippen LogP contribution in [0.5, 0.6) is 0 Å². The average molecular weight is 438 g/mol.